The van der Waals surface area contributed by atoms with Crippen molar-refractivity contribution in [3.8, 4) is 11.5 Å². The summed E-state index contributed by atoms with van der Waals surface area (Å²) >= 11 is 0. The van der Waals surface area contributed by atoms with E-state index in [-0.39, 0.29) is 12.1 Å². The fraction of sp³-hybridized carbons (Fsp3) is 0.320. The second-order valence-corrected chi connectivity index (χ2v) is 8.01. The second-order valence-electron chi connectivity index (χ2n) is 8.01. The minimum absolute atomic E-state index is 0.0852. The number of guanidine groups is 1. The van der Waals surface area contributed by atoms with E-state index in [9.17, 15) is 4.79 Å². The Morgan fingerprint density at radius 1 is 1.06 bits per heavy atom. The van der Waals surface area contributed by atoms with E-state index in [2.05, 4.69) is 31.2 Å². The standard InChI is InChI=1S/C25H32N6O2/c1-5-26-24(27-14-19-8-12-21(13-9-19)31-25(32)29-17(2)3)28-15-22-16-33-23(30-22)20-10-6-18(4)7-11-20/h6-13,16-17H,5,14-15H2,1-4H3,(H2,26,27,28)(H2,29,31,32). The van der Waals surface area contributed by atoms with Gasteiger partial charge in [-0.15, -0.1) is 0 Å². The first-order chi connectivity index (χ1) is 15.9. The predicted octanol–water partition coefficient (Wildman–Crippen LogP) is 4.44. The van der Waals surface area contributed by atoms with E-state index in [4.69, 9.17) is 4.42 Å². The van der Waals surface area contributed by atoms with E-state index in [1.165, 1.54) is 5.56 Å². The van der Waals surface area contributed by atoms with Crippen molar-refractivity contribution in [1.29, 1.82) is 0 Å². The van der Waals surface area contributed by atoms with Crippen LogP contribution in [0.5, 0.6) is 0 Å². The molecule has 2 aromatic carbocycles. The summed E-state index contributed by atoms with van der Waals surface area (Å²) in [4.78, 5) is 21.0. The third-order valence-corrected chi connectivity index (χ3v) is 4.68. The van der Waals surface area contributed by atoms with Gasteiger partial charge in [0.25, 0.3) is 0 Å². The number of aryl methyl sites for hydroxylation is 1. The highest BCUT2D eigenvalue weighted by Crippen LogP contribution is 2.19. The number of hydrogen-bond acceptors (Lipinski definition) is 4. The molecule has 0 fully saturated rings. The number of benzene rings is 2. The van der Waals surface area contributed by atoms with Gasteiger partial charge in [0.1, 0.15) is 6.26 Å². The van der Waals surface area contributed by atoms with Crippen LogP contribution in [0.4, 0.5) is 10.5 Å². The third-order valence-electron chi connectivity index (χ3n) is 4.68. The number of aromatic nitrogens is 1. The Balaban J connectivity index is 1.55. The molecule has 4 N–H and O–H groups in total. The Bertz CT molecular complexity index is 1060. The third kappa shape index (κ3) is 7.68. The molecule has 0 atom stereocenters. The molecule has 8 heteroatoms. The lowest BCUT2D eigenvalue weighted by atomic mass is 10.1. The van der Waals surface area contributed by atoms with Gasteiger partial charge >= 0.3 is 6.03 Å². The molecule has 0 radical (unpaired) electrons. The van der Waals surface area contributed by atoms with E-state index in [0.717, 1.165) is 29.1 Å². The Kier molecular flexibility index (Phi) is 8.46. The predicted molar refractivity (Wildman–Crippen MR) is 132 cm³/mol. The topological polar surface area (TPSA) is 104 Å². The van der Waals surface area contributed by atoms with E-state index in [0.29, 0.717) is 24.9 Å². The number of rotatable bonds is 8. The van der Waals surface area contributed by atoms with E-state index in [1.54, 1.807) is 6.26 Å². The maximum absolute atomic E-state index is 11.8. The number of aliphatic imine (C=N–C) groups is 1. The smallest absolute Gasteiger partial charge is 0.319 e. The molecule has 0 aliphatic heterocycles. The summed E-state index contributed by atoms with van der Waals surface area (Å²) < 4.78 is 5.63. The number of carbonyl (C=O) groups is 1. The minimum atomic E-state index is -0.215. The van der Waals surface area contributed by atoms with Crippen molar-refractivity contribution in [3.05, 3.63) is 71.6 Å². The van der Waals surface area contributed by atoms with Gasteiger partial charge in [-0.05, 0) is 57.5 Å². The first kappa shape index (κ1) is 23.8. The molecule has 0 aliphatic rings. The molecule has 0 aliphatic carbocycles. The molecule has 3 rings (SSSR count). The van der Waals surface area contributed by atoms with Crippen LogP contribution in [-0.4, -0.2) is 29.6 Å². The number of amides is 2. The molecule has 174 valence electrons. The van der Waals surface area contributed by atoms with Gasteiger partial charge in [0.2, 0.25) is 5.89 Å². The molecule has 0 spiro atoms. The summed E-state index contributed by atoms with van der Waals surface area (Å²) in [7, 11) is 0. The Labute approximate surface area is 194 Å². The first-order valence-corrected chi connectivity index (χ1v) is 11.1. The number of anilines is 1. The fourth-order valence-electron chi connectivity index (χ4n) is 3.03. The van der Waals surface area contributed by atoms with Gasteiger partial charge < -0.3 is 25.7 Å². The largest absolute Gasteiger partial charge is 0.444 e. The summed E-state index contributed by atoms with van der Waals surface area (Å²) in [6.45, 7) is 9.65. The van der Waals surface area contributed by atoms with E-state index < -0.39 is 0 Å². The van der Waals surface area contributed by atoms with Crippen molar-refractivity contribution in [2.75, 3.05) is 11.9 Å². The van der Waals surface area contributed by atoms with Crippen molar-refractivity contribution >= 4 is 17.7 Å². The number of carbonyl (C=O) groups excluding carboxylic acids is 1. The maximum Gasteiger partial charge on any atom is 0.319 e. The molecular formula is C25H32N6O2. The van der Waals surface area contributed by atoms with Crippen LogP contribution in [0.2, 0.25) is 0 Å². The van der Waals surface area contributed by atoms with Crippen molar-refractivity contribution in [1.82, 2.24) is 20.9 Å². The van der Waals surface area contributed by atoms with Crippen LogP contribution in [0.3, 0.4) is 0 Å². The molecule has 0 bridgehead atoms. The Morgan fingerprint density at radius 3 is 2.45 bits per heavy atom. The number of oxazole rings is 1. The van der Waals surface area contributed by atoms with Crippen molar-refractivity contribution in [3.63, 3.8) is 0 Å². The van der Waals surface area contributed by atoms with Crippen LogP contribution in [-0.2, 0) is 13.1 Å². The van der Waals surface area contributed by atoms with Crippen LogP contribution in [0.1, 0.15) is 37.6 Å². The van der Waals surface area contributed by atoms with Crippen LogP contribution in [0, 0.1) is 6.92 Å². The normalized spacial score (nSPS) is 11.4. The Hall–Kier alpha value is -3.81. The quantitative estimate of drug-likeness (QED) is 0.301. The monoisotopic (exact) mass is 448 g/mol. The molecule has 0 unspecified atom stereocenters. The highest BCUT2D eigenvalue weighted by molar-refractivity contribution is 5.89. The van der Waals surface area contributed by atoms with Gasteiger partial charge in [-0.2, -0.15) is 0 Å². The summed E-state index contributed by atoms with van der Waals surface area (Å²) in [5.74, 6) is 1.29. The zero-order valence-electron chi connectivity index (χ0n) is 19.6. The average Bonchev–Trinajstić information content (AvgIpc) is 3.25. The number of urea groups is 1. The average molecular weight is 449 g/mol. The summed E-state index contributed by atoms with van der Waals surface area (Å²) in [6, 6.07) is 15.6. The second kappa shape index (κ2) is 11.7. The lowest BCUT2D eigenvalue weighted by Gasteiger charge is -2.11. The lowest BCUT2D eigenvalue weighted by molar-refractivity contribution is 0.250. The van der Waals surface area contributed by atoms with Crippen molar-refractivity contribution in [2.24, 2.45) is 4.99 Å². The van der Waals surface area contributed by atoms with Crippen LogP contribution in [0.25, 0.3) is 11.5 Å². The SMILES string of the molecule is CCNC(=NCc1ccc(NC(=O)NC(C)C)cc1)NCc1coc(-c2ccc(C)cc2)n1. The van der Waals surface area contributed by atoms with E-state index >= 15 is 0 Å². The van der Waals surface area contributed by atoms with Gasteiger partial charge in [-0.25, -0.2) is 14.8 Å². The minimum Gasteiger partial charge on any atom is -0.444 e. The molecule has 8 nitrogen and oxygen atoms in total. The summed E-state index contributed by atoms with van der Waals surface area (Å²) in [5, 5.41) is 12.1. The highest BCUT2D eigenvalue weighted by Gasteiger charge is 2.08. The fourth-order valence-corrected chi connectivity index (χ4v) is 3.03. The number of nitrogens with one attached hydrogen (secondary N) is 4. The van der Waals surface area contributed by atoms with Gasteiger partial charge in [0.05, 0.1) is 18.8 Å². The molecule has 2 amide bonds. The number of nitrogens with zero attached hydrogens (tertiary/aromatic N) is 2. The first-order valence-electron chi connectivity index (χ1n) is 11.1. The zero-order valence-corrected chi connectivity index (χ0v) is 19.6. The van der Waals surface area contributed by atoms with Crippen LogP contribution in [0.15, 0.2) is 64.2 Å². The van der Waals surface area contributed by atoms with Gasteiger partial charge in [0, 0.05) is 23.8 Å². The molecule has 3 aromatic rings. The maximum atomic E-state index is 11.8. The van der Waals surface area contributed by atoms with Crippen molar-refractivity contribution < 1.29 is 9.21 Å². The van der Waals surface area contributed by atoms with Crippen LogP contribution >= 0.6 is 0 Å². The molecule has 1 aromatic heterocycles. The molecule has 33 heavy (non-hydrogen) atoms. The molecule has 1 heterocycles. The molecule has 0 saturated heterocycles. The number of hydrogen-bond donors (Lipinski definition) is 4. The zero-order chi connectivity index (χ0) is 23.6. The molecular weight excluding hydrogens is 416 g/mol. The van der Waals surface area contributed by atoms with Crippen molar-refractivity contribution in [2.45, 2.75) is 46.8 Å². The summed E-state index contributed by atoms with van der Waals surface area (Å²) in [5.41, 5.74) is 4.71. The molecule has 0 saturated carbocycles. The van der Waals surface area contributed by atoms with Gasteiger partial charge in [-0.1, -0.05) is 29.8 Å². The highest BCUT2D eigenvalue weighted by atomic mass is 16.3. The lowest BCUT2D eigenvalue weighted by Crippen LogP contribution is -2.36. The van der Waals surface area contributed by atoms with Crippen LogP contribution < -0.4 is 21.3 Å². The summed E-state index contributed by atoms with van der Waals surface area (Å²) in [6.07, 6.45) is 1.66. The van der Waals surface area contributed by atoms with Gasteiger partial charge in [-0.3, -0.25) is 0 Å². The van der Waals surface area contributed by atoms with E-state index in [1.807, 2.05) is 76.2 Å². The van der Waals surface area contributed by atoms with Gasteiger partial charge in [0.15, 0.2) is 5.96 Å². The Morgan fingerprint density at radius 2 is 1.79 bits per heavy atom.